The zero-order chi connectivity index (χ0) is 14.2. The Hall–Kier alpha value is -2.23. The van der Waals surface area contributed by atoms with E-state index >= 15 is 0 Å². The fourth-order valence-corrected chi connectivity index (χ4v) is 1.88. The molecule has 0 fully saturated rings. The van der Waals surface area contributed by atoms with Crippen molar-refractivity contribution < 1.29 is 4.79 Å². The SMILES string of the molecule is CCCC(=O)NCCc1cnc(-c2ccccc2)nc1. The minimum Gasteiger partial charge on any atom is -0.356 e. The smallest absolute Gasteiger partial charge is 0.219 e. The van der Waals surface area contributed by atoms with Crippen LogP contribution in [0.3, 0.4) is 0 Å². The third kappa shape index (κ3) is 4.16. The summed E-state index contributed by atoms with van der Waals surface area (Å²) in [6.45, 7) is 2.63. The summed E-state index contributed by atoms with van der Waals surface area (Å²) in [5.74, 6) is 0.832. The van der Waals surface area contributed by atoms with Crippen LogP contribution in [-0.2, 0) is 11.2 Å². The molecule has 2 aromatic rings. The highest BCUT2D eigenvalue weighted by Gasteiger charge is 2.02. The Morgan fingerprint density at radius 2 is 1.85 bits per heavy atom. The van der Waals surface area contributed by atoms with Crippen molar-refractivity contribution in [2.75, 3.05) is 6.54 Å². The minimum atomic E-state index is 0.106. The van der Waals surface area contributed by atoms with Crippen molar-refractivity contribution in [2.45, 2.75) is 26.2 Å². The van der Waals surface area contributed by atoms with E-state index in [-0.39, 0.29) is 5.91 Å². The molecule has 0 unspecified atom stereocenters. The second-order valence-corrected chi connectivity index (χ2v) is 4.63. The molecular formula is C16H19N3O. The van der Waals surface area contributed by atoms with Gasteiger partial charge in [0.1, 0.15) is 0 Å². The standard InChI is InChI=1S/C16H19N3O/c1-2-6-15(20)17-10-9-13-11-18-16(19-12-13)14-7-4-3-5-8-14/h3-5,7-8,11-12H,2,6,9-10H2,1H3,(H,17,20). The van der Waals surface area contributed by atoms with Gasteiger partial charge in [0.25, 0.3) is 0 Å². The second-order valence-electron chi connectivity index (χ2n) is 4.63. The van der Waals surface area contributed by atoms with Gasteiger partial charge < -0.3 is 5.32 Å². The zero-order valence-electron chi connectivity index (χ0n) is 11.7. The molecule has 0 saturated carbocycles. The molecule has 0 aliphatic heterocycles. The summed E-state index contributed by atoms with van der Waals surface area (Å²) in [6.07, 6.45) is 5.86. The van der Waals surface area contributed by atoms with Gasteiger partial charge in [-0.1, -0.05) is 37.3 Å². The molecule has 4 heteroatoms. The van der Waals surface area contributed by atoms with Gasteiger partial charge in [-0.2, -0.15) is 0 Å². The Morgan fingerprint density at radius 3 is 2.50 bits per heavy atom. The first kappa shape index (κ1) is 14.2. The minimum absolute atomic E-state index is 0.106. The molecule has 0 bridgehead atoms. The third-order valence-electron chi connectivity index (χ3n) is 2.95. The highest BCUT2D eigenvalue weighted by Crippen LogP contribution is 2.13. The Kier molecular flexibility index (Phi) is 5.24. The van der Waals surface area contributed by atoms with Crippen LogP contribution < -0.4 is 5.32 Å². The summed E-state index contributed by atoms with van der Waals surface area (Å²) in [4.78, 5) is 20.0. The quantitative estimate of drug-likeness (QED) is 0.877. The fraction of sp³-hybridized carbons (Fsp3) is 0.312. The number of nitrogens with one attached hydrogen (secondary N) is 1. The van der Waals surface area contributed by atoms with Gasteiger partial charge in [-0.3, -0.25) is 4.79 Å². The monoisotopic (exact) mass is 269 g/mol. The number of carbonyl (C=O) groups is 1. The number of carbonyl (C=O) groups excluding carboxylic acids is 1. The van der Waals surface area contributed by atoms with Crippen molar-refractivity contribution in [2.24, 2.45) is 0 Å². The van der Waals surface area contributed by atoms with Crippen molar-refractivity contribution in [3.8, 4) is 11.4 Å². The van der Waals surface area contributed by atoms with Crippen molar-refractivity contribution in [3.05, 3.63) is 48.3 Å². The maximum absolute atomic E-state index is 11.3. The van der Waals surface area contributed by atoms with Gasteiger partial charge in [0.15, 0.2) is 5.82 Å². The van der Waals surface area contributed by atoms with Gasteiger partial charge in [-0.05, 0) is 18.4 Å². The first-order valence-corrected chi connectivity index (χ1v) is 6.92. The van der Waals surface area contributed by atoms with E-state index in [2.05, 4.69) is 15.3 Å². The van der Waals surface area contributed by atoms with Crippen molar-refractivity contribution in [1.82, 2.24) is 15.3 Å². The van der Waals surface area contributed by atoms with E-state index in [4.69, 9.17) is 0 Å². The molecule has 2 rings (SSSR count). The van der Waals surface area contributed by atoms with Crippen LogP contribution in [-0.4, -0.2) is 22.4 Å². The Bertz CT molecular complexity index is 537. The van der Waals surface area contributed by atoms with Gasteiger partial charge in [-0.25, -0.2) is 9.97 Å². The van der Waals surface area contributed by atoms with Crippen molar-refractivity contribution in [1.29, 1.82) is 0 Å². The Labute approximate surface area is 119 Å². The highest BCUT2D eigenvalue weighted by molar-refractivity contribution is 5.75. The summed E-state index contributed by atoms with van der Waals surface area (Å²) in [5, 5.41) is 2.88. The van der Waals surface area contributed by atoms with Gasteiger partial charge in [0.2, 0.25) is 5.91 Å². The van der Waals surface area contributed by atoms with E-state index in [1.807, 2.05) is 49.6 Å². The van der Waals surface area contributed by atoms with Crippen LogP contribution >= 0.6 is 0 Å². The molecule has 1 amide bonds. The van der Waals surface area contributed by atoms with Crippen LogP contribution in [0.25, 0.3) is 11.4 Å². The fourth-order valence-electron chi connectivity index (χ4n) is 1.88. The van der Waals surface area contributed by atoms with Gasteiger partial charge >= 0.3 is 0 Å². The average Bonchev–Trinajstić information content (AvgIpc) is 2.49. The molecule has 104 valence electrons. The number of benzene rings is 1. The van der Waals surface area contributed by atoms with E-state index in [0.29, 0.717) is 13.0 Å². The molecule has 1 aromatic heterocycles. The number of hydrogen-bond donors (Lipinski definition) is 1. The van der Waals surface area contributed by atoms with Crippen LogP contribution in [0.1, 0.15) is 25.3 Å². The molecular weight excluding hydrogens is 250 g/mol. The zero-order valence-corrected chi connectivity index (χ0v) is 11.7. The lowest BCUT2D eigenvalue weighted by molar-refractivity contribution is -0.121. The topological polar surface area (TPSA) is 54.9 Å². The largest absolute Gasteiger partial charge is 0.356 e. The summed E-state index contributed by atoms with van der Waals surface area (Å²) < 4.78 is 0. The lowest BCUT2D eigenvalue weighted by Gasteiger charge is -2.05. The maximum Gasteiger partial charge on any atom is 0.219 e. The molecule has 0 spiro atoms. The lowest BCUT2D eigenvalue weighted by Crippen LogP contribution is -2.25. The normalized spacial score (nSPS) is 10.2. The Morgan fingerprint density at radius 1 is 1.15 bits per heavy atom. The van der Waals surface area contributed by atoms with Crippen molar-refractivity contribution in [3.63, 3.8) is 0 Å². The lowest BCUT2D eigenvalue weighted by atomic mass is 10.2. The summed E-state index contributed by atoms with van der Waals surface area (Å²) in [7, 11) is 0. The molecule has 0 saturated heterocycles. The van der Waals surface area contributed by atoms with Gasteiger partial charge in [0, 0.05) is 30.9 Å². The molecule has 1 aromatic carbocycles. The van der Waals surface area contributed by atoms with E-state index in [1.54, 1.807) is 0 Å². The maximum atomic E-state index is 11.3. The summed E-state index contributed by atoms with van der Waals surface area (Å²) in [5.41, 5.74) is 2.04. The molecule has 20 heavy (non-hydrogen) atoms. The summed E-state index contributed by atoms with van der Waals surface area (Å²) >= 11 is 0. The molecule has 0 radical (unpaired) electrons. The highest BCUT2D eigenvalue weighted by atomic mass is 16.1. The van der Waals surface area contributed by atoms with Crippen LogP contribution in [0, 0.1) is 0 Å². The molecule has 0 aliphatic carbocycles. The number of aromatic nitrogens is 2. The predicted octanol–water partition coefficient (Wildman–Crippen LogP) is 2.60. The molecule has 4 nitrogen and oxygen atoms in total. The molecule has 1 heterocycles. The van der Waals surface area contributed by atoms with E-state index in [1.165, 1.54) is 0 Å². The van der Waals surface area contributed by atoms with Gasteiger partial charge in [-0.15, -0.1) is 0 Å². The van der Waals surface area contributed by atoms with Crippen LogP contribution in [0.4, 0.5) is 0 Å². The third-order valence-corrected chi connectivity index (χ3v) is 2.95. The summed E-state index contributed by atoms with van der Waals surface area (Å²) in [6, 6.07) is 9.88. The molecule has 1 N–H and O–H groups in total. The predicted molar refractivity (Wildman–Crippen MR) is 79.1 cm³/mol. The number of rotatable bonds is 6. The second kappa shape index (κ2) is 7.38. The van der Waals surface area contributed by atoms with E-state index in [9.17, 15) is 4.79 Å². The number of hydrogen-bond acceptors (Lipinski definition) is 3. The number of nitrogens with zero attached hydrogens (tertiary/aromatic N) is 2. The Balaban J connectivity index is 1.88. The van der Waals surface area contributed by atoms with E-state index < -0.39 is 0 Å². The molecule has 0 aliphatic rings. The van der Waals surface area contributed by atoms with Crippen molar-refractivity contribution >= 4 is 5.91 Å². The number of amides is 1. The first-order valence-electron chi connectivity index (χ1n) is 6.92. The van der Waals surface area contributed by atoms with Crippen LogP contribution in [0.2, 0.25) is 0 Å². The molecule has 0 atom stereocenters. The van der Waals surface area contributed by atoms with Crippen LogP contribution in [0.5, 0.6) is 0 Å². The first-order chi connectivity index (χ1) is 9.79. The average molecular weight is 269 g/mol. The van der Waals surface area contributed by atoms with Gasteiger partial charge in [0.05, 0.1) is 0 Å². The van der Waals surface area contributed by atoms with E-state index in [0.717, 1.165) is 29.8 Å². The van der Waals surface area contributed by atoms with Crippen LogP contribution in [0.15, 0.2) is 42.7 Å².